The van der Waals surface area contributed by atoms with E-state index in [0.29, 0.717) is 30.4 Å². The zero-order valence-corrected chi connectivity index (χ0v) is 17.8. The highest BCUT2D eigenvalue weighted by molar-refractivity contribution is 5.92. The number of anilines is 1. The monoisotopic (exact) mass is 399 g/mol. The van der Waals surface area contributed by atoms with Gasteiger partial charge in [-0.25, -0.2) is 0 Å². The van der Waals surface area contributed by atoms with Crippen molar-refractivity contribution < 1.29 is 19.4 Å². The van der Waals surface area contributed by atoms with Crippen molar-refractivity contribution in [3.8, 4) is 0 Å². The molecule has 2 unspecified atom stereocenters. The molecule has 0 aliphatic heterocycles. The average Bonchev–Trinajstić information content (AvgIpc) is 2.57. The van der Waals surface area contributed by atoms with E-state index < -0.39 is 5.60 Å². The van der Waals surface area contributed by atoms with Crippen molar-refractivity contribution in [3.05, 3.63) is 29.8 Å². The molecule has 0 heterocycles. The van der Waals surface area contributed by atoms with Gasteiger partial charge in [0.05, 0.1) is 12.0 Å². The molecule has 1 aromatic carbocycles. The Balaban J connectivity index is 1.27. The third-order valence-electron chi connectivity index (χ3n) is 7.07. The first-order valence-corrected chi connectivity index (χ1v) is 10.8. The summed E-state index contributed by atoms with van der Waals surface area (Å²) in [6.07, 6.45) is 5.99. The van der Waals surface area contributed by atoms with Gasteiger partial charge in [0.2, 0.25) is 0 Å². The molecule has 4 atom stereocenters. The fourth-order valence-electron chi connectivity index (χ4n) is 6.36. The minimum absolute atomic E-state index is 0.0580. The quantitative estimate of drug-likeness (QED) is 0.728. The number of nitrogens with one attached hydrogen (secondary N) is 1. The Morgan fingerprint density at radius 2 is 1.72 bits per heavy atom. The SMILES string of the molecule is CC(C)(C)c1ccc(NC(=O)COC(=O)CC23C[C@@H]4C[C@@H](CC(O)(C4)C2)C3)cc1. The predicted molar refractivity (Wildman–Crippen MR) is 111 cm³/mol. The van der Waals surface area contributed by atoms with Gasteiger partial charge in [-0.05, 0) is 78.9 Å². The number of amides is 1. The number of esters is 1. The van der Waals surface area contributed by atoms with E-state index in [2.05, 4.69) is 26.1 Å². The van der Waals surface area contributed by atoms with E-state index in [9.17, 15) is 14.7 Å². The second kappa shape index (κ2) is 7.12. The van der Waals surface area contributed by atoms with Crippen LogP contribution in [0.1, 0.15) is 71.3 Å². The van der Waals surface area contributed by atoms with E-state index in [1.165, 1.54) is 12.0 Å². The normalized spacial score (nSPS) is 32.8. The molecule has 1 amide bonds. The van der Waals surface area contributed by atoms with Gasteiger partial charge >= 0.3 is 5.97 Å². The first-order valence-electron chi connectivity index (χ1n) is 10.8. The highest BCUT2D eigenvalue weighted by atomic mass is 16.5. The maximum Gasteiger partial charge on any atom is 0.306 e. The lowest BCUT2D eigenvalue weighted by Gasteiger charge is -2.60. The Morgan fingerprint density at radius 3 is 2.28 bits per heavy atom. The minimum Gasteiger partial charge on any atom is -0.456 e. The number of carbonyl (C=O) groups excluding carboxylic acids is 2. The van der Waals surface area contributed by atoms with Gasteiger partial charge in [-0.1, -0.05) is 32.9 Å². The second-order valence-corrected chi connectivity index (χ2v) is 10.9. The molecule has 2 N–H and O–H groups in total. The van der Waals surface area contributed by atoms with Crippen molar-refractivity contribution in [1.82, 2.24) is 0 Å². The molecule has 0 saturated heterocycles. The van der Waals surface area contributed by atoms with Gasteiger partial charge in [0.25, 0.3) is 5.91 Å². The first kappa shape index (κ1) is 20.4. The number of rotatable bonds is 5. The second-order valence-electron chi connectivity index (χ2n) is 10.9. The number of carbonyl (C=O) groups is 2. The average molecular weight is 400 g/mol. The smallest absolute Gasteiger partial charge is 0.306 e. The summed E-state index contributed by atoms with van der Waals surface area (Å²) in [6, 6.07) is 7.74. The van der Waals surface area contributed by atoms with Crippen molar-refractivity contribution in [2.24, 2.45) is 17.3 Å². The summed E-state index contributed by atoms with van der Waals surface area (Å²) in [4.78, 5) is 24.6. The molecule has 5 nitrogen and oxygen atoms in total. The lowest BCUT2D eigenvalue weighted by Crippen LogP contribution is -2.56. The van der Waals surface area contributed by atoms with Gasteiger partial charge in [0, 0.05) is 5.69 Å². The van der Waals surface area contributed by atoms with Gasteiger partial charge in [-0.15, -0.1) is 0 Å². The molecule has 0 spiro atoms. The first-order chi connectivity index (χ1) is 13.5. The van der Waals surface area contributed by atoms with E-state index in [1.807, 2.05) is 24.3 Å². The van der Waals surface area contributed by atoms with Crippen LogP contribution in [0.15, 0.2) is 24.3 Å². The molecule has 29 heavy (non-hydrogen) atoms. The molecule has 4 aliphatic rings. The zero-order chi connectivity index (χ0) is 20.9. The number of hydrogen-bond donors (Lipinski definition) is 2. The van der Waals surface area contributed by atoms with Gasteiger partial charge in [0.15, 0.2) is 6.61 Å². The van der Waals surface area contributed by atoms with E-state index >= 15 is 0 Å². The Morgan fingerprint density at radius 1 is 1.10 bits per heavy atom. The molecular formula is C24H33NO4. The standard InChI is InChI=1S/C24H33NO4/c1-22(2,3)18-4-6-19(7-5-18)25-20(26)14-29-21(27)13-23-9-16-8-17(10-23)12-24(28,11-16)15-23/h4-7,16-17,28H,8-15H2,1-3H3,(H,25,26)/t16-,17+,23?,24?. The molecular weight excluding hydrogens is 366 g/mol. The van der Waals surface area contributed by atoms with Crippen LogP contribution in [0.25, 0.3) is 0 Å². The molecule has 5 heteroatoms. The molecule has 4 bridgehead atoms. The molecule has 158 valence electrons. The Kier molecular flexibility index (Phi) is 5.01. The molecule has 4 fully saturated rings. The summed E-state index contributed by atoms with van der Waals surface area (Å²) in [7, 11) is 0. The summed E-state index contributed by atoms with van der Waals surface area (Å²) >= 11 is 0. The van der Waals surface area contributed by atoms with E-state index in [1.54, 1.807) is 0 Å². The summed E-state index contributed by atoms with van der Waals surface area (Å²) in [5.41, 5.74) is 1.24. The molecule has 5 rings (SSSR count). The predicted octanol–water partition coefficient (Wildman–Crippen LogP) is 4.19. The van der Waals surface area contributed by atoms with Crippen LogP contribution in [0, 0.1) is 17.3 Å². The number of ether oxygens (including phenoxy) is 1. The molecule has 4 saturated carbocycles. The van der Waals surface area contributed by atoms with Crippen LogP contribution >= 0.6 is 0 Å². The van der Waals surface area contributed by atoms with Gasteiger partial charge in [0.1, 0.15) is 0 Å². The van der Waals surface area contributed by atoms with E-state index in [4.69, 9.17) is 4.74 Å². The molecule has 1 aromatic rings. The van der Waals surface area contributed by atoms with Crippen LogP contribution < -0.4 is 5.32 Å². The zero-order valence-electron chi connectivity index (χ0n) is 17.8. The molecule has 0 radical (unpaired) electrons. The van der Waals surface area contributed by atoms with Crippen molar-refractivity contribution in [2.75, 3.05) is 11.9 Å². The molecule has 0 aromatic heterocycles. The van der Waals surface area contributed by atoms with Crippen LogP contribution in [0.2, 0.25) is 0 Å². The van der Waals surface area contributed by atoms with Crippen LogP contribution in [0.5, 0.6) is 0 Å². The number of benzene rings is 1. The summed E-state index contributed by atoms with van der Waals surface area (Å²) in [6.45, 7) is 6.15. The topological polar surface area (TPSA) is 75.6 Å². The summed E-state index contributed by atoms with van der Waals surface area (Å²) < 4.78 is 5.29. The summed E-state index contributed by atoms with van der Waals surface area (Å²) in [5, 5.41) is 13.6. The molecule has 4 aliphatic carbocycles. The van der Waals surface area contributed by atoms with E-state index in [-0.39, 0.29) is 29.3 Å². The Hall–Kier alpha value is -1.88. The van der Waals surface area contributed by atoms with Crippen molar-refractivity contribution in [1.29, 1.82) is 0 Å². The Bertz CT molecular complexity index is 778. The third kappa shape index (κ3) is 4.50. The van der Waals surface area contributed by atoms with Crippen LogP contribution in [-0.2, 0) is 19.7 Å². The third-order valence-corrected chi connectivity index (χ3v) is 7.07. The number of aliphatic hydroxyl groups is 1. The maximum absolute atomic E-state index is 12.5. The van der Waals surface area contributed by atoms with Crippen molar-refractivity contribution in [2.45, 2.75) is 76.7 Å². The van der Waals surface area contributed by atoms with Crippen molar-refractivity contribution in [3.63, 3.8) is 0 Å². The maximum atomic E-state index is 12.5. The van der Waals surface area contributed by atoms with Crippen LogP contribution in [-0.4, -0.2) is 29.2 Å². The van der Waals surface area contributed by atoms with Gasteiger partial charge in [-0.2, -0.15) is 0 Å². The highest BCUT2D eigenvalue weighted by Crippen LogP contribution is 2.62. The minimum atomic E-state index is -0.582. The van der Waals surface area contributed by atoms with Crippen LogP contribution in [0.3, 0.4) is 0 Å². The highest BCUT2D eigenvalue weighted by Gasteiger charge is 2.57. The Labute approximate surface area is 173 Å². The summed E-state index contributed by atoms with van der Waals surface area (Å²) in [5.74, 6) is 0.418. The van der Waals surface area contributed by atoms with Gasteiger partial charge < -0.3 is 15.2 Å². The largest absolute Gasteiger partial charge is 0.456 e. The lowest BCUT2D eigenvalue weighted by atomic mass is 9.47. The number of hydrogen-bond acceptors (Lipinski definition) is 4. The van der Waals surface area contributed by atoms with E-state index in [0.717, 1.165) is 25.7 Å². The van der Waals surface area contributed by atoms with Gasteiger partial charge in [-0.3, -0.25) is 9.59 Å². The lowest BCUT2D eigenvalue weighted by molar-refractivity contribution is -0.177. The van der Waals surface area contributed by atoms with Crippen molar-refractivity contribution >= 4 is 17.6 Å². The van der Waals surface area contributed by atoms with Crippen LogP contribution in [0.4, 0.5) is 5.69 Å². The fraction of sp³-hybridized carbons (Fsp3) is 0.667. The fourth-order valence-corrected chi connectivity index (χ4v) is 6.36.